The number of nitrogens with one attached hydrogen (secondary N) is 1. The number of rotatable bonds is 16. The topological polar surface area (TPSA) is 140 Å². The molecule has 0 aliphatic heterocycles. The van der Waals surface area contributed by atoms with E-state index < -0.39 is 0 Å². The van der Waals surface area contributed by atoms with Gasteiger partial charge in [0.2, 0.25) is 5.95 Å². The average molecular weight is 451 g/mol. The lowest BCUT2D eigenvalue weighted by molar-refractivity contribution is -0.143. The average Bonchev–Trinajstić information content (AvgIpc) is 3.24. The van der Waals surface area contributed by atoms with Crippen LogP contribution in [0.15, 0.2) is 12.4 Å². The molecule has 0 saturated heterocycles. The molecule has 2 N–H and O–H groups in total. The van der Waals surface area contributed by atoms with Crippen molar-refractivity contribution in [3.8, 4) is 0 Å². The van der Waals surface area contributed by atoms with Gasteiger partial charge < -0.3 is 24.8 Å². The molecule has 12 heteroatoms. The molecule has 32 heavy (non-hydrogen) atoms. The molecule has 178 valence electrons. The van der Waals surface area contributed by atoms with Crippen LogP contribution in [0.5, 0.6) is 0 Å². The van der Waals surface area contributed by atoms with Crippen molar-refractivity contribution in [3.05, 3.63) is 23.8 Å². The summed E-state index contributed by atoms with van der Waals surface area (Å²) in [4.78, 5) is 22.3. The molecule has 2 aromatic rings. The van der Waals surface area contributed by atoms with Crippen molar-refractivity contribution in [3.63, 3.8) is 0 Å². The van der Waals surface area contributed by atoms with Crippen LogP contribution < -0.4 is 10.2 Å². The van der Waals surface area contributed by atoms with Crippen LogP contribution in [0.2, 0.25) is 0 Å². The number of hydrogen-bond acceptors (Lipinski definition) is 11. The number of carbonyl (C=O) groups is 1. The van der Waals surface area contributed by atoms with Crippen molar-refractivity contribution in [2.45, 2.75) is 45.2 Å². The van der Waals surface area contributed by atoms with Crippen LogP contribution in [0, 0.1) is 0 Å². The minimum atomic E-state index is -0.318. The zero-order valence-electron chi connectivity index (χ0n) is 19.1. The van der Waals surface area contributed by atoms with E-state index in [1.54, 1.807) is 24.0 Å². The first-order valence-corrected chi connectivity index (χ1v) is 10.9. The van der Waals surface area contributed by atoms with Gasteiger partial charge >= 0.3 is 5.97 Å². The van der Waals surface area contributed by atoms with Crippen LogP contribution >= 0.6 is 0 Å². The minimum absolute atomic E-state index is 0.127. The second-order valence-corrected chi connectivity index (χ2v) is 7.31. The van der Waals surface area contributed by atoms with Gasteiger partial charge in [0.15, 0.2) is 5.82 Å². The predicted molar refractivity (Wildman–Crippen MR) is 117 cm³/mol. The van der Waals surface area contributed by atoms with Gasteiger partial charge in [-0.2, -0.15) is 0 Å². The van der Waals surface area contributed by atoms with E-state index in [1.165, 1.54) is 0 Å². The van der Waals surface area contributed by atoms with Crippen LogP contribution in [-0.4, -0.2) is 88.3 Å². The largest absolute Gasteiger partial charge is 0.466 e. The molecule has 0 bridgehead atoms. The first-order valence-electron chi connectivity index (χ1n) is 10.9. The molecule has 0 aliphatic rings. The van der Waals surface area contributed by atoms with E-state index in [4.69, 9.17) is 14.6 Å². The second-order valence-electron chi connectivity index (χ2n) is 7.31. The number of ether oxygens (including phenoxy) is 2. The van der Waals surface area contributed by atoms with Crippen molar-refractivity contribution in [2.75, 3.05) is 52.0 Å². The fourth-order valence-corrected chi connectivity index (χ4v) is 2.94. The summed E-state index contributed by atoms with van der Waals surface area (Å²) >= 11 is 0. The highest BCUT2D eigenvalue weighted by Crippen LogP contribution is 2.20. The normalized spacial score (nSPS) is 12.0. The van der Waals surface area contributed by atoms with Gasteiger partial charge in [-0.05, 0) is 43.2 Å². The SMILES string of the molecule is CCOC(=O)CCCn1nnnc1C(NCCCOCCCO)c1cnc(N(C)C)nc1. The lowest BCUT2D eigenvalue weighted by Gasteiger charge is -2.19. The van der Waals surface area contributed by atoms with Crippen LogP contribution in [0.25, 0.3) is 0 Å². The van der Waals surface area contributed by atoms with Gasteiger partial charge in [-0.3, -0.25) is 4.79 Å². The van der Waals surface area contributed by atoms with Gasteiger partial charge in [0, 0.05) is 64.8 Å². The summed E-state index contributed by atoms with van der Waals surface area (Å²) in [6.45, 7) is 4.55. The molecule has 0 aromatic carbocycles. The molecule has 12 nitrogen and oxygen atoms in total. The highest BCUT2D eigenvalue weighted by atomic mass is 16.5. The van der Waals surface area contributed by atoms with Crippen molar-refractivity contribution in [2.24, 2.45) is 0 Å². The first kappa shape index (κ1) is 25.6. The molecule has 2 heterocycles. The standard InChI is InChI=1S/C20H34N8O4/c1-4-32-17(30)8-5-10-28-19(24-25-26-28)18(21-9-6-12-31-13-7-11-29)16-14-22-20(23-15-16)27(2)3/h14-15,18,21,29H,4-13H2,1-3H3. The molecule has 0 saturated carbocycles. The molecule has 0 amide bonds. The highest BCUT2D eigenvalue weighted by Gasteiger charge is 2.22. The van der Waals surface area contributed by atoms with Crippen molar-refractivity contribution in [1.82, 2.24) is 35.5 Å². The number of anilines is 1. The van der Waals surface area contributed by atoms with E-state index in [0.717, 1.165) is 12.0 Å². The zero-order chi connectivity index (χ0) is 23.2. The van der Waals surface area contributed by atoms with Crippen LogP contribution in [0.1, 0.15) is 50.0 Å². The minimum Gasteiger partial charge on any atom is -0.466 e. The van der Waals surface area contributed by atoms with E-state index in [9.17, 15) is 4.79 Å². The van der Waals surface area contributed by atoms with Gasteiger partial charge in [-0.1, -0.05) is 0 Å². The molecule has 2 aromatic heterocycles. The van der Waals surface area contributed by atoms with Gasteiger partial charge in [-0.15, -0.1) is 5.10 Å². The predicted octanol–water partition coefficient (Wildman–Crippen LogP) is 0.341. The number of nitrogens with zero attached hydrogens (tertiary/aromatic N) is 7. The Kier molecular flexibility index (Phi) is 11.5. The molecule has 0 aliphatic carbocycles. The van der Waals surface area contributed by atoms with Crippen LogP contribution in [-0.2, 0) is 20.8 Å². The number of carbonyl (C=O) groups excluding carboxylic acids is 1. The first-order chi connectivity index (χ1) is 15.6. The van der Waals surface area contributed by atoms with Crippen molar-refractivity contribution in [1.29, 1.82) is 0 Å². The Balaban J connectivity index is 2.05. The Morgan fingerprint density at radius 3 is 2.66 bits per heavy atom. The third-order valence-corrected chi connectivity index (χ3v) is 4.53. The maximum atomic E-state index is 11.6. The smallest absolute Gasteiger partial charge is 0.305 e. The molecular formula is C20H34N8O4. The Labute approximate surface area is 188 Å². The summed E-state index contributed by atoms with van der Waals surface area (Å²) in [6, 6.07) is -0.318. The second kappa shape index (κ2) is 14.4. The molecule has 0 fully saturated rings. The molecule has 0 spiro atoms. The molecule has 0 radical (unpaired) electrons. The summed E-state index contributed by atoms with van der Waals surface area (Å²) < 4.78 is 12.2. The Morgan fingerprint density at radius 2 is 1.97 bits per heavy atom. The summed E-state index contributed by atoms with van der Waals surface area (Å²) in [5, 5.41) is 24.4. The number of aryl methyl sites for hydroxylation is 1. The highest BCUT2D eigenvalue weighted by molar-refractivity contribution is 5.69. The van der Waals surface area contributed by atoms with E-state index in [0.29, 0.717) is 63.9 Å². The lowest BCUT2D eigenvalue weighted by Crippen LogP contribution is -2.28. The van der Waals surface area contributed by atoms with Gasteiger partial charge in [0.05, 0.1) is 12.6 Å². The fourth-order valence-electron chi connectivity index (χ4n) is 2.94. The fraction of sp³-hybridized carbons (Fsp3) is 0.700. The number of aliphatic hydroxyl groups is 1. The van der Waals surface area contributed by atoms with Crippen molar-refractivity contribution >= 4 is 11.9 Å². The third kappa shape index (κ3) is 8.44. The van der Waals surface area contributed by atoms with Crippen LogP contribution in [0.4, 0.5) is 5.95 Å². The number of tetrazole rings is 1. The zero-order valence-corrected chi connectivity index (χ0v) is 19.1. The molecule has 2 rings (SSSR count). The van der Waals surface area contributed by atoms with Crippen LogP contribution in [0.3, 0.4) is 0 Å². The number of hydrogen-bond donors (Lipinski definition) is 2. The molecule has 1 unspecified atom stereocenters. The van der Waals surface area contributed by atoms with Gasteiger partial charge in [-0.25, -0.2) is 14.6 Å². The maximum Gasteiger partial charge on any atom is 0.305 e. The van der Waals surface area contributed by atoms with Crippen molar-refractivity contribution < 1.29 is 19.4 Å². The van der Waals surface area contributed by atoms with E-state index in [2.05, 4.69) is 30.8 Å². The summed E-state index contributed by atoms with van der Waals surface area (Å²) in [6.07, 6.45) is 5.80. The third-order valence-electron chi connectivity index (χ3n) is 4.53. The Hall–Kier alpha value is -2.70. The summed E-state index contributed by atoms with van der Waals surface area (Å²) in [5.74, 6) is 1.00. The van der Waals surface area contributed by atoms with E-state index in [-0.39, 0.29) is 18.6 Å². The number of aromatic nitrogens is 6. The van der Waals surface area contributed by atoms with Gasteiger partial charge in [0.1, 0.15) is 0 Å². The maximum absolute atomic E-state index is 11.6. The van der Waals surface area contributed by atoms with E-state index >= 15 is 0 Å². The number of esters is 1. The quantitative estimate of drug-likeness (QED) is 0.270. The van der Waals surface area contributed by atoms with E-state index in [1.807, 2.05) is 19.0 Å². The number of aliphatic hydroxyl groups excluding tert-OH is 1. The molecule has 1 atom stereocenters. The summed E-state index contributed by atoms with van der Waals surface area (Å²) in [7, 11) is 3.76. The van der Waals surface area contributed by atoms with Gasteiger partial charge in [0.25, 0.3) is 0 Å². The lowest BCUT2D eigenvalue weighted by atomic mass is 10.1. The Morgan fingerprint density at radius 1 is 1.22 bits per heavy atom. The monoisotopic (exact) mass is 450 g/mol. The Bertz CT molecular complexity index is 784. The molecular weight excluding hydrogens is 416 g/mol. The summed E-state index contributed by atoms with van der Waals surface area (Å²) in [5.41, 5.74) is 0.832.